The summed E-state index contributed by atoms with van der Waals surface area (Å²) in [6.45, 7) is 8.20. The summed E-state index contributed by atoms with van der Waals surface area (Å²) < 4.78 is 0. The van der Waals surface area contributed by atoms with Crippen LogP contribution in [0.3, 0.4) is 0 Å². The van der Waals surface area contributed by atoms with Gasteiger partial charge in [0.25, 0.3) is 5.91 Å². The maximum atomic E-state index is 12.0. The lowest BCUT2D eigenvalue weighted by Crippen LogP contribution is -2.29. The molecule has 0 saturated heterocycles. The van der Waals surface area contributed by atoms with Gasteiger partial charge in [-0.2, -0.15) is 0 Å². The fourth-order valence-electron chi connectivity index (χ4n) is 1.66. The smallest absolute Gasteiger partial charge is 0.250 e. The molecule has 0 aliphatic carbocycles. The molecule has 0 saturated carbocycles. The van der Waals surface area contributed by atoms with E-state index in [0.29, 0.717) is 6.54 Å². The molecule has 3 heteroatoms. The van der Waals surface area contributed by atoms with Gasteiger partial charge in [0.05, 0.1) is 5.69 Å². The number of aromatic hydroxyl groups is 1. The molecule has 0 aliphatic heterocycles. The first kappa shape index (κ1) is 13.3. The number of carbonyl (C=O) groups is 1. The average molecular weight is 233 g/mol. The van der Waals surface area contributed by atoms with Crippen molar-refractivity contribution in [2.45, 2.75) is 27.7 Å². The van der Waals surface area contributed by atoms with Crippen molar-refractivity contribution < 1.29 is 9.90 Å². The highest BCUT2D eigenvalue weighted by Crippen LogP contribution is 2.25. The van der Waals surface area contributed by atoms with Crippen LogP contribution < -0.4 is 4.90 Å². The van der Waals surface area contributed by atoms with Crippen LogP contribution in [0.1, 0.15) is 26.3 Å². The Morgan fingerprint density at radius 2 is 2.06 bits per heavy atom. The third-order valence-electron chi connectivity index (χ3n) is 2.48. The van der Waals surface area contributed by atoms with E-state index >= 15 is 0 Å². The lowest BCUT2D eigenvalue weighted by molar-refractivity contribution is -0.114. The minimum Gasteiger partial charge on any atom is -0.508 e. The molecule has 1 aromatic carbocycles. The molecule has 0 unspecified atom stereocenters. The average Bonchev–Trinajstić information content (AvgIpc) is 2.23. The molecular formula is C14H19NO2. The van der Waals surface area contributed by atoms with E-state index in [1.807, 2.05) is 33.8 Å². The van der Waals surface area contributed by atoms with Gasteiger partial charge in [0.2, 0.25) is 0 Å². The SMILES string of the molecule is CCN(C(=O)C=C(C)C)c1cc(O)ccc1C. The Morgan fingerprint density at radius 3 is 2.59 bits per heavy atom. The van der Waals surface area contributed by atoms with Crippen LogP contribution in [0.2, 0.25) is 0 Å². The molecule has 92 valence electrons. The Bertz CT molecular complexity index is 446. The van der Waals surface area contributed by atoms with Gasteiger partial charge in [0.15, 0.2) is 0 Å². The number of likely N-dealkylation sites (N-methyl/N-ethyl adjacent to an activating group) is 1. The van der Waals surface area contributed by atoms with Crippen molar-refractivity contribution in [3.63, 3.8) is 0 Å². The van der Waals surface area contributed by atoms with E-state index in [1.165, 1.54) is 0 Å². The van der Waals surface area contributed by atoms with Crippen molar-refractivity contribution in [1.82, 2.24) is 0 Å². The molecule has 0 fully saturated rings. The van der Waals surface area contributed by atoms with Crippen molar-refractivity contribution in [1.29, 1.82) is 0 Å². The number of phenols is 1. The maximum absolute atomic E-state index is 12.0. The Morgan fingerprint density at radius 1 is 1.41 bits per heavy atom. The van der Waals surface area contributed by atoms with Gasteiger partial charge in [-0.25, -0.2) is 0 Å². The van der Waals surface area contributed by atoms with Crippen LogP contribution >= 0.6 is 0 Å². The lowest BCUT2D eigenvalue weighted by Gasteiger charge is -2.22. The number of aryl methyl sites for hydroxylation is 1. The van der Waals surface area contributed by atoms with Crippen LogP contribution in [0.4, 0.5) is 5.69 Å². The summed E-state index contributed by atoms with van der Waals surface area (Å²) in [5.41, 5.74) is 2.70. The third-order valence-corrected chi connectivity index (χ3v) is 2.48. The van der Waals surface area contributed by atoms with Gasteiger partial charge < -0.3 is 10.0 Å². The molecule has 3 nitrogen and oxygen atoms in total. The number of benzene rings is 1. The molecule has 0 atom stereocenters. The second kappa shape index (κ2) is 5.53. The highest BCUT2D eigenvalue weighted by molar-refractivity contribution is 6.02. The highest BCUT2D eigenvalue weighted by atomic mass is 16.3. The molecule has 1 rings (SSSR count). The monoisotopic (exact) mass is 233 g/mol. The number of phenolic OH excluding ortho intramolecular Hbond substituents is 1. The second-order valence-electron chi connectivity index (χ2n) is 4.27. The van der Waals surface area contributed by atoms with Crippen LogP contribution in [-0.2, 0) is 4.79 Å². The minimum absolute atomic E-state index is 0.0544. The molecule has 1 N–H and O–H groups in total. The standard InChI is InChI=1S/C14H19NO2/c1-5-15(14(17)8-10(2)3)13-9-12(16)7-6-11(13)4/h6-9,16H,5H2,1-4H3. The van der Waals surface area contributed by atoms with Crippen molar-refractivity contribution in [3.05, 3.63) is 35.4 Å². The summed E-state index contributed by atoms with van der Waals surface area (Å²) in [7, 11) is 0. The van der Waals surface area contributed by atoms with Gasteiger partial charge in [0.1, 0.15) is 5.75 Å². The number of hydrogen-bond acceptors (Lipinski definition) is 2. The van der Waals surface area contributed by atoms with Crippen molar-refractivity contribution >= 4 is 11.6 Å². The summed E-state index contributed by atoms with van der Waals surface area (Å²) in [6.07, 6.45) is 1.60. The Hall–Kier alpha value is -1.77. The van der Waals surface area contributed by atoms with Gasteiger partial charge in [-0.1, -0.05) is 11.6 Å². The van der Waals surface area contributed by atoms with E-state index in [-0.39, 0.29) is 11.7 Å². The summed E-state index contributed by atoms with van der Waals surface area (Å²) in [5.74, 6) is 0.121. The van der Waals surface area contributed by atoms with E-state index in [2.05, 4.69) is 0 Å². The summed E-state index contributed by atoms with van der Waals surface area (Å²) in [6, 6.07) is 5.05. The first-order valence-electron chi connectivity index (χ1n) is 5.71. The normalized spacial score (nSPS) is 9.88. The molecule has 0 aliphatic rings. The van der Waals surface area contributed by atoms with Crippen LogP contribution in [-0.4, -0.2) is 17.6 Å². The first-order valence-corrected chi connectivity index (χ1v) is 5.71. The zero-order valence-electron chi connectivity index (χ0n) is 10.8. The lowest BCUT2D eigenvalue weighted by atomic mass is 10.1. The molecule has 0 radical (unpaired) electrons. The number of amides is 1. The highest BCUT2D eigenvalue weighted by Gasteiger charge is 2.14. The van der Waals surface area contributed by atoms with Crippen LogP contribution in [0.15, 0.2) is 29.8 Å². The fourth-order valence-corrected chi connectivity index (χ4v) is 1.66. The fraction of sp³-hybridized carbons (Fsp3) is 0.357. The number of rotatable bonds is 3. The van der Waals surface area contributed by atoms with Gasteiger partial charge >= 0.3 is 0 Å². The van der Waals surface area contributed by atoms with Crippen LogP contribution in [0.25, 0.3) is 0 Å². The Kier molecular flexibility index (Phi) is 4.32. The Labute approximate surface area is 102 Å². The van der Waals surface area contributed by atoms with Crippen LogP contribution in [0.5, 0.6) is 5.75 Å². The molecule has 17 heavy (non-hydrogen) atoms. The molecule has 0 spiro atoms. The Balaban J connectivity index is 3.13. The number of carbonyl (C=O) groups excluding carboxylic acids is 1. The van der Waals surface area contributed by atoms with Crippen LogP contribution in [0, 0.1) is 6.92 Å². The zero-order valence-corrected chi connectivity index (χ0v) is 10.8. The van der Waals surface area contributed by atoms with Crippen molar-refractivity contribution in [3.8, 4) is 5.75 Å². The maximum Gasteiger partial charge on any atom is 0.250 e. The van der Waals surface area contributed by atoms with E-state index < -0.39 is 0 Å². The molecule has 1 amide bonds. The van der Waals surface area contributed by atoms with E-state index in [9.17, 15) is 9.90 Å². The number of hydrogen-bond donors (Lipinski definition) is 1. The zero-order chi connectivity index (χ0) is 13.0. The van der Waals surface area contributed by atoms with E-state index in [4.69, 9.17) is 0 Å². The summed E-state index contributed by atoms with van der Waals surface area (Å²) >= 11 is 0. The molecule has 0 bridgehead atoms. The van der Waals surface area contributed by atoms with Gasteiger partial charge in [-0.05, 0) is 39.3 Å². The largest absolute Gasteiger partial charge is 0.508 e. The number of nitrogens with zero attached hydrogens (tertiary/aromatic N) is 1. The second-order valence-corrected chi connectivity index (χ2v) is 4.27. The topological polar surface area (TPSA) is 40.5 Å². The van der Waals surface area contributed by atoms with Crippen molar-refractivity contribution in [2.24, 2.45) is 0 Å². The van der Waals surface area contributed by atoms with E-state index in [1.54, 1.807) is 23.1 Å². The quantitative estimate of drug-likeness (QED) is 0.815. The summed E-state index contributed by atoms with van der Waals surface area (Å²) in [5, 5.41) is 9.49. The first-order chi connectivity index (χ1) is 7.95. The van der Waals surface area contributed by atoms with Gasteiger partial charge in [-0.3, -0.25) is 4.79 Å². The van der Waals surface area contributed by atoms with E-state index in [0.717, 1.165) is 16.8 Å². The molecule has 0 aromatic heterocycles. The summed E-state index contributed by atoms with van der Waals surface area (Å²) in [4.78, 5) is 13.7. The van der Waals surface area contributed by atoms with Crippen molar-refractivity contribution in [2.75, 3.05) is 11.4 Å². The molecule has 0 heterocycles. The minimum atomic E-state index is -0.0544. The third kappa shape index (κ3) is 3.34. The predicted octanol–water partition coefficient (Wildman–Crippen LogP) is 3.02. The predicted molar refractivity (Wildman–Crippen MR) is 70.3 cm³/mol. The molecule has 1 aromatic rings. The molecular weight excluding hydrogens is 214 g/mol. The number of anilines is 1. The van der Waals surface area contributed by atoms with Gasteiger partial charge in [0, 0.05) is 18.7 Å². The van der Waals surface area contributed by atoms with Gasteiger partial charge in [-0.15, -0.1) is 0 Å². The number of allylic oxidation sites excluding steroid dienone is 1.